The zero-order valence-corrected chi connectivity index (χ0v) is 16.6. The summed E-state index contributed by atoms with van der Waals surface area (Å²) in [5, 5.41) is 0.737. The van der Waals surface area contributed by atoms with Crippen LogP contribution in [-0.4, -0.2) is 39.1 Å². The molecule has 0 amide bonds. The Balaban J connectivity index is 1.81. The highest BCUT2D eigenvalue weighted by molar-refractivity contribution is 7.99. The summed E-state index contributed by atoms with van der Waals surface area (Å²) in [6.45, 7) is 4.05. The van der Waals surface area contributed by atoms with Crippen LogP contribution in [-0.2, 0) is 11.3 Å². The predicted molar refractivity (Wildman–Crippen MR) is 107 cm³/mol. The number of nitrogens with two attached hydrogens (primary N) is 1. The number of nitrogen functional groups attached to an aromatic ring is 1. The third kappa shape index (κ3) is 4.63. The van der Waals surface area contributed by atoms with Gasteiger partial charge >= 0.3 is 0 Å². The number of rotatable bonds is 9. The summed E-state index contributed by atoms with van der Waals surface area (Å²) < 4.78 is 12.9. The molecule has 3 aromatic rings. The maximum atomic E-state index is 5.91. The molecule has 0 aliphatic carbocycles. The second-order valence-electron chi connectivity index (χ2n) is 5.49. The van der Waals surface area contributed by atoms with E-state index in [-0.39, 0.29) is 5.95 Å². The fourth-order valence-corrected chi connectivity index (χ4v) is 3.39. The molecule has 0 spiro atoms. The van der Waals surface area contributed by atoms with Crippen LogP contribution in [0.2, 0.25) is 0 Å². The van der Waals surface area contributed by atoms with Gasteiger partial charge in [-0.3, -0.25) is 0 Å². The van der Waals surface area contributed by atoms with Gasteiger partial charge in [-0.2, -0.15) is 4.98 Å². The number of imidazole rings is 1. The molecule has 3 rings (SSSR count). The van der Waals surface area contributed by atoms with Gasteiger partial charge < -0.3 is 19.8 Å². The van der Waals surface area contributed by atoms with Crippen LogP contribution in [0.5, 0.6) is 5.75 Å². The SMILES string of the molecule is CCCOc1ccc(Sc2nc(N)nc3c2ncn3CCOCP)cc1. The lowest BCUT2D eigenvalue weighted by atomic mass is 10.3. The van der Waals surface area contributed by atoms with Crippen LogP contribution < -0.4 is 10.5 Å². The minimum absolute atomic E-state index is 0.233. The number of fused-ring (bicyclic) bond motifs is 1. The minimum Gasteiger partial charge on any atom is -0.494 e. The standard InChI is InChI=1S/C17H22N5O2PS/c1-2-8-24-12-3-5-13(6-4-12)26-16-14-15(20-17(18)21-16)22(10-19-14)7-9-23-11-25/h3-6,10H,2,7-9,11,25H2,1H3,(H2,18,20,21). The number of ether oxygens (including phenoxy) is 2. The van der Waals surface area contributed by atoms with Crippen molar-refractivity contribution >= 4 is 38.1 Å². The molecule has 9 heteroatoms. The Morgan fingerprint density at radius 2 is 2.00 bits per heavy atom. The van der Waals surface area contributed by atoms with Crippen molar-refractivity contribution in [1.82, 2.24) is 19.5 Å². The summed E-state index contributed by atoms with van der Waals surface area (Å²) >= 11 is 1.51. The van der Waals surface area contributed by atoms with E-state index in [1.165, 1.54) is 11.8 Å². The van der Waals surface area contributed by atoms with E-state index in [0.717, 1.165) is 33.3 Å². The quantitative estimate of drug-likeness (QED) is 0.340. The first kappa shape index (κ1) is 18.9. The van der Waals surface area contributed by atoms with Gasteiger partial charge in [0, 0.05) is 11.4 Å². The van der Waals surface area contributed by atoms with Crippen LogP contribution in [0.3, 0.4) is 0 Å². The van der Waals surface area contributed by atoms with Crippen LogP contribution in [0.4, 0.5) is 5.95 Å². The van der Waals surface area contributed by atoms with Crippen molar-refractivity contribution < 1.29 is 9.47 Å². The van der Waals surface area contributed by atoms with E-state index in [2.05, 4.69) is 31.1 Å². The van der Waals surface area contributed by atoms with Crippen LogP contribution >= 0.6 is 21.0 Å². The molecular formula is C17H22N5O2PS. The van der Waals surface area contributed by atoms with Crippen molar-refractivity contribution in [2.24, 2.45) is 0 Å². The second-order valence-corrected chi connectivity index (χ2v) is 6.89. The first-order chi connectivity index (χ1) is 12.7. The zero-order valence-electron chi connectivity index (χ0n) is 14.6. The maximum absolute atomic E-state index is 5.91. The normalized spacial score (nSPS) is 11.2. The van der Waals surface area contributed by atoms with Crippen LogP contribution in [0.15, 0.2) is 40.5 Å². The van der Waals surface area contributed by atoms with E-state index in [1.54, 1.807) is 6.33 Å². The molecule has 0 fully saturated rings. The molecule has 26 heavy (non-hydrogen) atoms. The Hall–Kier alpha value is -1.89. The smallest absolute Gasteiger partial charge is 0.223 e. The molecule has 2 aromatic heterocycles. The maximum Gasteiger partial charge on any atom is 0.223 e. The van der Waals surface area contributed by atoms with Gasteiger partial charge in [-0.1, -0.05) is 18.7 Å². The lowest BCUT2D eigenvalue weighted by molar-refractivity contribution is 0.173. The molecule has 0 aliphatic rings. The van der Waals surface area contributed by atoms with Crippen molar-refractivity contribution in [2.45, 2.75) is 29.8 Å². The van der Waals surface area contributed by atoms with Gasteiger partial charge in [0.15, 0.2) is 5.65 Å². The van der Waals surface area contributed by atoms with E-state index in [1.807, 2.05) is 28.8 Å². The molecule has 0 radical (unpaired) electrons. The van der Waals surface area contributed by atoms with E-state index in [4.69, 9.17) is 15.2 Å². The summed E-state index contributed by atoms with van der Waals surface area (Å²) in [6.07, 6.45) is 3.33. The summed E-state index contributed by atoms with van der Waals surface area (Å²) in [5.41, 5.74) is 7.36. The molecule has 1 atom stereocenters. The Bertz CT molecular complexity index is 856. The third-order valence-electron chi connectivity index (χ3n) is 3.55. The van der Waals surface area contributed by atoms with E-state index < -0.39 is 0 Å². The first-order valence-corrected chi connectivity index (χ1v) is 10.0. The monoisotopic (exact) mass is 391 g/mol. The van der Waals surface area contributed by atoms with Gasteiger partial charge in [-0.15, -0.1) is 9.24 Å². The van der Waals surface area contributed by atoms with Gasteiger partial charge in [0.05, 0.1) is 25.9 Å². The summed E-state index contributed by atoms with van der Waals surface area (Å²) in [5.74, 6) is 1.10. The van der Waals surface area contributed by atoms with E-state index in [0.29, 0.717) is 26.1 Å². The summed E-state index contributed by atoms with van der Waals surface area (Å²) in [6, 6.07) is 7.92. The third-order valence-corrected chi connectivity index (χ3v) is 4.78. The zero-order chi connectivity index (χ0) is 18.4. The topological polar surface area (TPSA) is 88.1 Å². The highest BCUT2D eigenvalue weighted by Crippen LogP contribution is 2.32. The molecule has 0 saturated carbocycles. The molecule has 2 heterocycles. The number of hydrogen-bond acceptors (Lipinski definition) is 7. The number of nitrogens with zero attached hydrogens (tertiary/aromatic N) is 4. The van der Waals surface area contributed by atoms with Gasteiger partial charge in [0.2, 0.25) is 5.95 Å². The van der Waals surface area contributed by atoms with Crippen molar-refractivity contribution in [3.63, 3.8) is 0 Å². The lowest BCUT2D eigenvalue weighted by Gasteiger charge is -2.07. The van der Waals surface area contributed by atoms with Crippen molar-refractivity contribution in [1.29, 1.82) is 0 Å². The Kier molecular flexibility index (Phi) is 6.66. The molecule has 0 bridgehead atoms. The average Bonchev–Trinajstić information content (AvgIpc) is 3.04. The number of aromatic nitrogens is 4. The number of anilines is 1. The molecule has 1 unspecified atom stereocenters. The van der Waals surface area contributed by atoms with Gasteiger partial charge in [-0.25, -0.2) is 9.97 Å². The van der Waals surface area contributed by atoms with Crippen molar-refractivity contribution in [3.05, 3.63) is 30.6 Å². The van der Waals surface area contributed by atoms with Crippen LogP contribution in [0.25, 0.3) is 11.2 Å². The molecule has 7 nitrogen and oxygen atoms in total. The fourth-order valence-electron chi connectivity index (χ4n) is 2.35. The van der Waals surface area contributed by atoms with Crippen molar-refractivity contribution in [3.8, 4) is 5.75 Å². The molecule has 138 valence electrons. The summed E-state index contributed by atoms with van der Waals surface area (Å²) in [7, 11) is 2.53. The molecule has 0 aliphatic heterocycles. The highest BCUT2D eigenvalue weighted by atomic mass is 32.2. The second kappa shape index (κ2) is 9.16. The van der Waals surface area contributed by atoms with Gasteiger partial charge in [0.25, 0.3) is 0 Å². The number of hydrogen-bond donors (Lipinski definition) is 1. The fraction of sp³-hybridized carbons (Fsp3) is 0.353. The Morgan fingerprint density at radius 1 is 1.19 bits per heavy atom. The molecule has 0 saturated heterocycles. The average molecular weight is 391 g/mol. The largest absolute Gasteiger partial charge is 0.494 e. The summed E-state index contributed by atoms with van der Waals surface area (Å²) in [4.78, 5) is 14.2. The van der Waals surface area contributed by atoms with Crippen molar-refractivity contribution in [2.75, 3.05) is 25.3 Å². The van der Waals surface area contributed by atoms with Crippen LogP contribution in [0.1, 0.15) is 13.3 Å². The molecule has 1 aromatic carbocycles. The van der Waals surface area contributed by atoms with E-state index in [9.17, 15) is 0 Å². The first-order valence-electron chi connectivity index (χ1n) is 8.38. The molecular weight excluding hydrogens is 369 g/mol. The number of benzene rings is 1. The highest BCUT2D eigenvalue weighted by Gasteiger charge is 2.13. The Labute approximate surface area is 158 Å². The predicted octanol–water partition coefficient (Wildman–Crippen LogP) is 3.20. The molecule has 2 N–H and O–H groups in total. The van der Waals surface area contributed by atoms with E-state index >= 15 is 0 Å². The lowest BCUT2D eigenvalue weighted by Crippen LogP contribution is -2.06. The Morgan fingerprint density at radius 3 is 2.73 bits per heavy atom. The van der Waals surface area contributed by atoms with Crippen LogP contribution in [0, 0.1) is 0 Å². The van der Waals surface area contributed by atoms with Gasteiger partial charge in [0.1, 0.15) is 16.3 Å². The minimum atomic E-state index is 0.233. The van der Waals surface area contributed by atoms with Gasteiger partial charge in [-0.05, 0) is 30.7 Å².